The van der Waals surface area contributed by atoms with Gasteiger partial charge < -0.3 is 4.42 Å². The SMILES string of the molecule is C(=NNc1ccccc1)C(=NNc1ccccc1)c1ccco1. The van der Waals surface area contributed by atoms with Crippen molar-refractivity contribution in [2.45, 2.75) is 0 Å². The van der Waals surface area contributed by atoms with E-state index in [0.717, 1.165) is 11.4 Å². The second kappa shape index (κ2) is 7.61. The van der Waals surface area contributed by atoms with Gasteiger partial charge in [-0.1, -0.05) is 36.4 Å². The first-order valence-electron chi connectivity index (χ1n) is 7.18. The summed E-state index contributed by atoms with van der Waals surface area (Å²) in [4.78, 5) is 0. The molecule has 0 unspecified atom stereocenters. The lowest BCUT2D eigenvalue weighted by molar-refractivity contribution is 0.559. The molecule has 23 heavy (non-hydrogen) atoms. The van der Waals surface area contributed by atoms with Gasteiger partial charge in [0.1, 0.15) is 5.71 Å². The smallest absolute Gasteiger partial charge is 0.155 e. The van der Waals surface area contributed by atoms with Gasteiger partial charge in [0.25, 0.3) is 0 Å². The highest BCUT2D eigenvalue weighted by atomic mass is 16.3. The summed E-state index contributed by atoms with van der Waals surface area (Å²) in [6, 6.07) is 23.0. The molecule has 2 N–H and O–H groups in total. The molecule has 5 nitrogen and oxygen atoms in total. The highest BCUT2D eigenvalue weighted by Crippen LogP contribution is 2.08. The van der Waals surface area contributed by atoms with Gasteiger partial charge in [-0.2, -0.15) is 10.2 Å². The molecule has 3 aromatic rings. The highest BCUT2D eigenvalue weighted by Gasteiger charge is 2.04. The van der Waals surface area contributed by atoms with E-state index in [1.165, 1.54) is 0 Å². The van der Waals surface area contributed by atoms with Crippen molar-refractivity contribution in [3.8, 4) is 0 Å². The van der Waals surface area contributed by atoms with Crippen LogP contribution in [0.2, 0.25) is 0 Å². The summed E-state index contributed by atoms with van der Waals surface area (Å²) < 4.78 is 5.40. The first-order valence-corrected chi connectivity index (χ1v) is 7.18. The molecule has 0 saturated heterocycles. The lowest BCUT2D eigenvalue weighted by Gasteiger charge is -2.02. The first kappa shape index (κ1) is 14.6. The average Bonchev–Trinajstić information content (AvgIpc) is 3.14. The van der Waals surface area contributed by atoms with E-state index in [4.69, 9.17) is 4.42 Å². The molecule has 0 atom stereocenters. The monoisotopic (exact) mass is 304 g/mol. The average molecular weight is 304 g/mol. The van der Waals surface area contributed by atoms with Crippen LogP contribution >= 0.6 is 0 Å². The zero-order chi connectivity index (χ0) is 15.7. The summed E-state index contributed by atoms with van der Waals surface area (Å²) in [5, 5.41) is 8.56. The molecule has 5 heteroatoms. The van der Waals surface area contributed by atoms with Crippen molar-refractivity contribution in [2.75, 3.05) is 10.9 Å². The van der Waals surface area contributed by atoms with Crippen molar-refractivity contribution in [1.29, 1.82) is 0 Å². The van der Waals surface area contributed by atoms with Gasteiger partial charge in [-0.05, 0) is 36.4 Å². The van der Waals surface area contributed by atoms with Crippen molar-refractivity contribution < 1.29 is 4.42 Å². The van der Waals surface area contributed by atoms with E-state index in [0.29, 0.717) is 11.5 Å². The molecule has 0 aliphatic heterocycles. The minimum atomic E-state index is 0.585. The zero-order valence-electron chi connectivity index (χ0n) is 12.4. The Morgan fingerprint density at radius 1 is 0.783 bits per heavy atom. The quantitative estimate of drug-likeness (QED) is 0.530. The Morgan fingerprint density at radius 3 is 2.04 bits per heavy atom. The third-order valence-corrected chi connectivity index (χ3v) is 3.01. The van der Waals surface area contributed by atoms with E-state index in [1.54, 1.807) is 12.5 Å². The third kappa shape index (κ3) is 4.31. The van der Waals surface area contributed by atoms with Crippen LogP contribution in [0.4, 0.5) is 11.4 Å². The van der Waals surface area contributed by atoms with Crippen LogP contribution in [-0.2, 0) is 0 Å². The maximum atomic E-state index is 5.40. The maximum absolute atomic E-state index is 5.40. The predicted octanol–water partition coefficient (Wildman–Crippen LogP) is 4.19. The van der Waals surface area contributed by atoms with Gasteiger partial charge in [0.2, 0.25) is 0 Å². The summed E-state index contributed by atoms with van der Waals surface area (Å²) in [5.74, 6) is 0.632. The molecule has 0 spiro atoms. The molecule has 0 aliphatic rings. The predicted molar refractivity (Wildman–Crippen MR) is 93.9 cm³/mol. The van der Waals surface area contributed by atoms with Gasteiger partial charge in [0.05, 0.1) is 23.9 Å². The summed E-state index contributed by atoms with van der Waals surface area (Å²) in [7, 11) is 0. The van der Waals surface area contributed by atoms with Gasteiger partial charge in [-0.15, -0.1) is 0 Å². The Balaban J connectivity index is 1.74. The van der Waals surface area contributed by atoms with Crippen LogP contribution in [0.5, 0.6) is 0 Å². The van der Waals surface area contributed by atoms with E-state index in [1.807, 2.05) is 72.8 Å². The number of nitrogens with zero attached hydrogens (tertiary/aromatic N) is 2. The van der Waals surface area contributed by atoms with Crippen molar-refractivity contribution in [3.05, 3.63) is 84.8 Å². The highest BCUT2D eigenvalue weighted by molar-refractivity contribution is 6.37. The molecule has 0 fully saturated rings. The first-order chi connectivity index (χ1) is 11.4. The summed E-state index contributed by atoms with van der Waals surface area (Å²) in [6.07, 6.45) is 3.22. The molecule has 0 aliphatic carbocycles. The molecule has 114 valence electrons. The lowest BCUT2D eigenvalue weighted by atomic mass is 10.3. The van der Waals surface area contributed by atoms with Crippen LogP contribution in [0.1, 0.15) is 5.76 Å². The number of anilines is 2. The molecule has 0 radical (unpaired) electrons. The topological polar surface area (TPSA) is 61.9 Å². The second-order valence-electron chi connectivity index (χ2n) is 4.69. The molecule has 3 rings (SSSR count). The Hall–Kier alpha value is -3.34. The Morgan fingerprint density at radius 2 is 1.43 bits per heavy atom. The normalized spacial score (nSPS) is 11.6. The van der Waals surface area contributed by atoms with Gasteiger partial charge >= 0.3 is 0 Å². The Labute approximate surface area is 134 Å². The number of hydrogen-bond acceptors (Lipinski definition) is 5. The molecule has 1 heterocycles. The van der Waals surface area contributed by atoms with E-state index < -0.39 is 0 Å². The van der Waals surface area contributed by atoms with E-state index in [9.17, 15) is 0 Å². The summed E-state index contributed by atoms with van der Waals surface area (Å²) in [5.41, 5.74) is 8.32. The van der Waals surface area contributed by atoms with Crippen LogP contribution in [0, 0.1) is 0 Å². The molecular formula is C18H16N4O. The van der Waals surface area contributed by atoms with E-state index >= 15 is 0 Å². The zero-order valence-corrected chi connectivity index (χ0v) is 12.4. The molecule has 0 bridgehead atoms. The third-order valence-electron chi connectivity index (χ3n) is 3.01. The number of furan rings is 1. The number of benzene rings is 2. The van der Waals surface area contributed by atoms with Crippen molar-refractivity contribution in [3.63, 3.8) is 0 Å². The largest absolute Gasteiger partial charge is 0.463 e. The fourth-order valence-corrected chi connectivity index (χ4v) is 1.89. The number of hydrazone groups is 2. The minimum Gasteiger partial charge on any atom is -0.463 e. The van der Waals surface area contributed by atoms with Gasteiger partial charge in [0.15, 0.2) is 5.76 Å². The van der Waals surface area contributed by atoms with Gasteiger partial charge in [-0.3, -0.25) is 10.9 Å². The number of rotatable bonds is 6. The standard InChI is InChI=1S/C18H16N4O/c1-3-8-15(9-4-1)20-19-14-17(18-12-7-13-23-18)22-21-16-10-5-2-6-11-16/h1-14,20-21H. The number of nitrogens with one attached hydrogen (secondary N) is 2. The van der Waals surface area contributed by atoms with E-state index in [2.05, 4.69) is 21.1 Å². The Bertz CT molecular complexity index is 765. The molecule has 2 aromatic carbocycles. The van der Waals surface area contributed by atoms with Crippen LogP contribution in [0.15, 0.2) is 93.7 Å². The molecule has 0 amide bonds. The van der Waals surface area contributed by atoms with Crippen LogP contribution < -0.4 is 10.9 Å². The van der Waals surface area contributed by atoms with Gasteiger partial charge in [-0.25, -0.2) is 0 Å². The number of hydrogen-bond donors (Lipinski definition) is 2. The van der Waals surface area contributed by atoms with Crippen LogP contribution in [0.25, 0.3) is 0 Å². The van der Waals surface area contributed by atoms with E-state index in [-0.39, 0.29) is 0 Å². The fraction of sp³-hybridized carbons (Fsp3) is 0. The van der Waals surface area contributed by atoms with Gasteiger partial charge in [0, 0.05) is 0 Å². The van der Waals surface area contributed by atoms with Crippen LogP contribution in [-0.4, -0.2) is 11.9 Å². The fourth-order valence-electron chi connectivity index (χ4n) is 1.89. The summed E-state index contributed by atoms with van der Waals surface area (Å²) >= 11 is 0. The maximum Gasteiger partial charge on any atom is 0.155 e. The molecule has 1 aromatic heterocycles. The molecular weight excluding hydrogens is 288 g/mol. The second-order valence-corrected chi connectivity index (χ2v) is 4.69. The number of para-hydroxylation sites is 2. The van der Waals surface area contributed by atoms with Crippen molar-refractivity contribution >= 4 is 23.3 Å². The van der Waals surface area contributed by atoms with Crippen molar-refractivity contribution in [2.24, 2.45) is 10.2 Å². The molecule has 0 saturated carbocycles. The Kier molecular flexibility index (Phi) is 4.83. The minimum absolute atomic E-state index is 0.585. The lowest BCUT2D eigenvalue weighted by Crippen LogP contribution is -2.06. The summed E-state index contributed by atoms with van der Waals surface area (Å²) in [6.45, 7) is 0. The van der Waals surface area contributed by atoms with Crippen molar-refractivity contribution in [1.82, 2.24) is 0 Å². The van der Waals surface area contributed by atoms with Crippen LogP contribution in [0.3, 0.4) is 0 Å².